The molecule has 4 rings (SSSR count). The number of benzene rings is 2. The maximum absolute atomic E-state index is 13.2. The van der Waals surface area contributed by atoms with Gasteiger partial charge in [0, 0.05) is 31.2 Å². The Morgan fingerprint density at radius 2 is 1.79 bits per heavy atom. The first-order chi connectivity index (χ1) is 15.8. The fourth-order valence-electron chi connectivity index (χ4n) is 4.22. The Labute approximate surface area is 198 Å². The molecule has 2 aromatic carbocycles. The Morgan fingerprint density at radius 1 is 1.09 bits per heavy atom. The number of anilines is 1. The third kappa shape index (κ3) is 4.90. The van der Waals surface area contributed by atoms with Crippen LogP contribution in [0.4, 0.5) is 5.69 Å². The SMILES string of the molecule is CCCn1c(=O)sc2cc(S(=O)(=O)N3CCC(C(=O)Nc4ccc(CC)cc4)CC3)ccc21. The molecule has 1 saturated heterocycles. The highest BCUT2D eigenvalue weighted by atomic mass is 32.2. The summed E-state index contributed by atoms with van der Waals surface area (Å²) in [5.74, 6) is -0.294. The van der Waals surface area contributed by atoms with Crippen molar-refractivity contribution in [3.05, 3.63) is 57.7 Å². The number of amides is 1. The number of nitrogens with zero attached hydrogens (tertiary/aromatic N) is 2. The molecule has 9 heteroatoms. The summed E-state index contributed by atoms with van der Waals surface area (Å²) in [5.41, 5.74) is 2.74. The quantitative estimate of drug-likeness (QED) is 0.544. The molecule has 0 bridgehead atoms. The molecular formula is C24H29N3O4S2. The lowest BCUT2D eigenvalue weighted by molar-refractivity contribution is -0.120. The molecule has 0 atom stereocenters. The molecule has 176 valence electrons. The molecule has 0 unspecified atom stereocenters. The van der Waals surface area contributed by atoms with Crippen LogP contribution in [-0.4, -0.2) is 36.3 Å². The number of piperidine rings is 1. The molecule has 1 fully saturated rings. The van der Waals surface area contributed by atoms with E-state index < -0.39 is 10.0 Å². The van der Waals surface area contributed by atoms with Gasteiger partial charge in [0.1, 0.15) is 0 Å². The molecule has 0 radical (unpaired) electrons. The fraction of sp³-hybridized carbons (Fsp3) is 0.417. The Morgan fingerprint density at radius 3 is 2.42 bits per heavy atom. The lowest BCUT2D eigenvalue weighted by Gasteiger charge is -2.30. The average molecular weight is 488 g/mol. The van der Waals surface area contributed by atoms with Crippen LogP contribution < -0.4 is 10.2 Å². The molecule has 2 heterocycles. The molecule has 1 aromatic heterocycles. The van der Waals surface area contributed by atoms with Gasteiger partial charge in [-0.15, -0.1) is 0 Å². The van der Waals surface area contributed by atoms with Crippen LogP contribution in [0.25, 0.3) is 10.2 Å². The summed E-state index contributed by atoms with van der Waals surface area (Å²) in [5, 5.41) is 2.95. The van der Waals surface area contributed by atoms with Gasteiger partial charge in [-0.2, -0.15) is 4.31 Å². The lowest BCUT2D eigenvalue weighted by Crippen LogP contribution is -2.41. The van der Waals surface area contributed by atoms with E-state index in [1.54, 1.807) is 22.8 Å². The number of carbonyl (C=O) groups is 1. The summed E-state index contributed by atoms with van der Waals surface area (Å²) in [6, 6.07) is 12.7. The van der Waals surface area contributed by atoms with Crippen LogP contribution in [0.3, 0.4) is 0 Å². The smallest absolute Gasteiger partial charge is 0.308 e. The predicted octanol–water partition coefficient (Wildman–Crippen LogP) is 4.07. The maximum Gasteiger partial charge on any atom is 0.308 e. The first-order valence-corrected chi connectivity index (χ1v) is 13.6. The molecule has 0 aliphatic carbocycles. The van der Waals surface area contributed by atoms with Crippen molar-refractivity contribution in [1.82, 2.24) is 8.87 Å². The van der Waals surface area contributed by atoms with Crippen LogP contribution in [0.15, 0.2) is 52.2 Å². The van der Waals surface area contributed by atoms with Crippen molar-refractivity contribution < 1.29 is 13.2 Å². The van der Waals surface area contributed by atoms with Gasteiger partial charge in [0.05, 0.1) is 15.1 Å². The van der Waals surface area contributed by atoms with Crippen molar-refractivity contribution in [2.24, 2.45) is 5.92 Å². The van der Waals surface area contributed by atoms with Crippen molar-refractivity contribution in [3.63, 3.8) is 0 Å². The third-order valence-corrected chi connectivity index (χ3v) is 9.02. The van der Waals surface area contributed by atoms with Crippen LogP contribution >= 0.6 is 11.3 Å². The monoisotopic (exact) mass is 487 g/mol. The Kier molecular flexibility index (Phi) is 7.02. The Balaban J connectivity index is 1.43. The third-order valence-electron chi connectivity index (χ3n) is 6.18. The van der Waals surface area contributed by atoms with Gasteiger partial charge in [-0.1, -0.05) is 37.3 Å². The first-order valence-electron chi connectivity index (χ1n) is 11.4. The van der Waals surface area contributed by atoms with Gasteiger partial charge in [0.15, 0.2) is 0 Å². The zero-order valence-electron chi connectivity index (χ0n) is 18.9. The molecule has 1 N–H and O–H groups in total. The van der Waals surface area contributed by atoms with E-state index >= 15 is 0 Å². The van der Waals surface area contributed by atoms with Crippen molar-refractivity contribution in [2.75, 3.05) is 18.4 Å². The minimum atomic E-state index is -3.69. The van der Waals surface area contributed by atoms with Crippen LogP contribution in [0, 0.1) is 5.92 Å². The number of rotatable bonds is 7. The standard InChI is InChI=1S/C24H29N3O4S2/c1-3-13-27-21-10-9-20(16-22(21)32-24(27)29)33(30,31)26-14-11-18(12-15-26)23(28)25-19-7-5-17(4-2)6-8-19/h5-10,16,18H,3-4,11-15H2,1-2H3,(H,25,28). The van der Waals surface area contributed by atoms with E-state index in [0.717, 1.165) is 35.4 Å². The number of carbonyl (C=O) groups excluding carboxylic acids is 1. The molecular weight excluding hydrogens is 458 g/mol. The van der Waals surface area contributed by atoms with Crippen molar-refractivity contribution in [1.29, 1.82) is 0 Å². The molecule has 1 aliphatic rings. The second-order valence-electron chi connectivity index (χ2n) is 8.37. The van der Waals surface area contributed by atoms with E-state index in [2.05, 4.69) is 12.2 Å². The van der Waals surface area contributed by atoms with Gasteiger partial charge in [-0.05, 0) is 61.6 Å². The van der Waals surface area contributed by atoms with Gasteiger partial charge >= 0.3 is 4.87 Å². The Bertz CT molecular complexity index is 1300. The normalized spacial score (nSPS) is 15.7. The highest BCUT2D eigenvalue weighted by Crippen LogP contribution is 2.28. The second kappa shape index (κ2) is 9.79. The van der Waals surface area contributed by atoms with Gasteiger partial charge in [-0.25, -0.2) is 8.42 Å². The van der Waals surface area contributed by atoms with Crippen molar-refractivity contribution >= 4 is 43.2 Å². The Hall–Kier alpha value is -2.49. The molecule has 7 nitrogen and oxygen atoms in total. The number of sulfonamides is 1. The summed E-state index contributed by atoms with van der Waals surface area (Å²) < 4.78 is 30.3. The van der Waals surface area contributed by atoms with E-state index in [4.69, 9.17) is 0 Å². The van der Waals surface area contributed by atoms with Gasteiger partial charge in [0.2, 0.25) is 15.9 Å². The number of aromatic nitrogens is 1. The second-order valence-corrected chi connectivity index (χ2v) is 11.3. The van der Waals surface area contributed by atoms with Crippen molar-refractivity contribution in [2.45, 2.75) is 51.0 Å². The number of hydrogen-bond acceptors (Lipinski definition) is 5. The minimum Gasteiger partial charge on any atom is -0.326 e. The van der Waals surface area contributed by atoms with Crippen LogP contribution in [0.2, 0.25) is 0 Å². The van der Waals surface area contributed by atoms with Gasteiger partial charge in [-0.3, -0.25) is 14.2 Å². The predicted molar refractivity (Wildman–Crippen MR) is 132 cm³/mol. The summed E-state index contributed by atoms with van der Waals surface area (Å²) in [4.78, 5) is 25.0. The number of thiazole rings is 1. The van der Waals surface area contributed by atoms with Crippen LogP contribution in [-0.2, 0) is 27.8 Å². The molecule has 33 heavy (non-hydrogen) atoms. The van der Waals surface area contributed by atoms with Gasteiger partial charge < -0.3 is 5.32 Å². The van der Waals surface area contributed by atoms with Gasteiger partial charge in [0.25, 0.3) is 0 Å². The highest BCUT2D eigenvalue weighted by molar-refractivity contribution is 7.89. The summed E-state index contributed by atoms with van der Waals surface area (Å²) in [6.45, 7) is 5.28. The summed E-state index contributed by atoms with van der Waals surface area (Å²) in [7, 11) is -3.69. The maximum atomic E-state index is 13.2. The first kappa shape index (κ1) is 23.7. The van der Waals surface area contributed by atoms with E-state index in [1.807, 2.05) is 31.2 Å². The van der Waals surface area contributed by atoms with E-state index in [0.29, 0.717) is 37.2 Å². The lowest BCUT2D eigenvalue weighted by atomic mass is 9.97. The topological polar surface area (TPSA) is 88.5 Å². The van der Waals surface area contributed by atoms with Crippen molar-refractivity contribution in [3.8, 4) is 0 Å². The number of hydrogen-bond donors (Lipinski definition) is 1. The molecule has 0 spiro atoms. The zero-order valence-corrected chi connectivity index (χ0v) is 20.5. The molecule has 1 amide bonds. The molecule has 0 saturated carbocycles. The van der Waals surface area contributed by atoms with Crippen LogP contribution in [0.5, 0.6) is 0 Å². The summed E-state index contributed by atoms with van der Waals surface area (Å²) >= 11 is 1.07. The number of fused-ring (bicyclic) bond motifs is 1. The highest BCUT2D eigenvalue weighted by Gasteiger charge is 2.32. The van der Waals surface area contributed by atoms with E-state index in [9.17, 15) is 18.0 Å². The average Bonchev–Trinajstić information content (AvgIpc) is 3.14. The molecule has 1 aliphatic heterocycles. The van der Waals surface area contributed by atoms with Crippen LogP contribution in [0.1, 0.15) is 38.7 Å². The fourth-order valence-corrected chi connectivity index (χ4v) is 6.75. The molecule has 3 aromatic rings. The number of aryl methyl sites for hydroxylation is 2. The zero-order chi connectivity index (χ0) is 23.6. The van der Waals surface area contributed by atoms with E-state index in [-0.39, 0.29) is 21.6 Å². The summed E-state index contributed by atoms with van der Waals surface area (Å²) in [6.07, 6.45) is 2.72. The van der Waals surface area contributed by atoms with E-state index in [1.165, 1.54) is 9.87 Å². The largest absolute Gasteiger partial charge is 0.326 e. The number of nitrogens with one attached hydrogen (secondary N) is 1. The minimum absolute atomic E-state index is 0.0697.